The molecular weight excluding hydrogens is 1720 g/mol. The predicted octanol–water partition coefficient (Wildman–Crippen LogP) is 4.70. The molecule has 2 amide bonds. The Kier molecular flexibility index (Phi) is 44.0. The standard InChI is InChI=1S/C33H39NO13.C19H21NO4.C18H29NO11.C14H19BrO9/c1-19(35)42-18-28-29(44-20(2)36)30(45-21(3)37)31(46-22(4)38)32(47-28)41-16-15-40-14-13-34-33(39)43-17-27-25-11-7-5-9-23(25)24-10-6-8-12-26(24)27;21-10-12-23-11-9-20-19(22)24-13-18-16-7-3-1-5-14(16)15-6-2-4-8-17(15)18;1-10(20)26-9-14-15(27-11(2)21)16(28-12(3)22)17(29-13(4)23)18(30-14)25-8-7-24-6-5-19;1-6(16)20-5-10-11(21-7(2)17)12(22-8(3)18)13(14(15)24-10)23-9(4)19/h5-12,27-32H,13-18H2,1-4H3,(H,34,39);1-8,18,21H,9-13H2,(H,20,22);14-18H,5-9,19H2,1-4H3;10-14H,5H2,1-4H3/t28-,29-,30+,31+,32+;;14-,15-,16+,17+,18+;10-,11-,12+,13+,14+/m1.11/s1. The van der Waals surface area contributed by atoms with Crippen LogP contribution in [0.25, 0.3) is 22.3 Å². The summed E-state index contributed by atoms with van der Waals surface area (Å²) in [6.45, 7) is 15.6. The SMILES string of the molecule is CC(=O)OC[C@H]1O[C@H](Br)[C@@H](OC(C)=O)[C@@H](OC(C)=O)[C@@H]1OC(C)=O.CC(=O)OC[C@H]1O[C@H](OCCOCCN)[C@@H](OC(C)=O)[C@@H](OC(C)=O)[C@@H]1OC(C)=O.CC(=O)OC[C@H]1O[C@H](OCCOCCNC(=O)OCC2c3ccccc3-c3ccccc32)[C@@H](OC(C)=O)[C@@H](OC(C)=O)[C@@H]1OC(C)=O.O=C(NCCOCCO)OCC1c2ccccc2-c2ccccc21. The van der Waals surface area contributed by atoms with E-state index in [2.05, 4.69) is 63.0 Å². The van der Waals surface area contributed by atoms with Gasteiger partial charge in [0.15, 0.2) is 72.5 Å². The number of amides is 2. The van der Waals surface area contributed by atoms with Crippen molar-refractivity contribution in [3.8, 4) is 22.3 Å². The summed E-state index contributed by atoms with van der Waals surface area (Å²) in [5.74, 6) is -8.07. The van der Waals surface area contributed by atoms with Gasteiger partial charge >= 0.3 is 83.8 Å². The van der Waals surface area contributed by atoms with Crippen molar-refractivity contribution in [3.05, 3.63) is 119 Å². The molecule has 41 heteroatoms. The third-order valence-electron chi connectivity index (χ3n) is 18.1. The van der Waals surface area contributed by atoms with Crippen molar-refractivity contribution in [3.63, 3.8) is 0 Å². The molecule has 0 radical (unpaired) electrons. The maximum absolute atomic E-state index is 12.4. The van der Waals surface area contributed by atoms with Gasteiger partial charge in [-0.15, -0.1) is 0 Å². The Morgan fingerprint density at radius 3 is 0.896 bits per heavy atom. The van der Waals surface area contributed by atoms with Crippen LogP contribution in [-0.2, 0) is 162 Å². The third-order valence-corrected chi connectivity index (χ3v) is 18.8. The van der Waals surface area contributed by atoms with E-state index in [1.807, 2.05) is 60.7 Å². The molecule has 15 atom stereocenters. The van der Waals surface area contributed by atoms with Crippen molar-refractivity contribution >= 4 is 99.7 Å². The van der Waals surface area contributed by atoms with Crippen molar-refractivity contribution in [1.82, 2.24) is 10.6 Å². The lowest BCUT2D eigenvalue weighted by Gasteiger charge is -2.44. The molecule has 0 unspecified atom stereocenters. The number of ether oxygens (including phenoxy) is 22. The number of benzene rings is 4. The number of fused-ring (bicyclic) bond motifs is 6. The highest BCUT2D eigenvalue weighted by Gasteiger charge is 2.55. The Hall–Kier alpha value is -10.9. The number of alkyl halides is 1. The van der Waals surface area contributed by atoms with Crippen LogP contribution < -0.4 is 16.4 Å². The van der Waals surface area contributed by atoms with Gasteiger partial charge < -0.3 is 126 Å². The fraction of sp³-hybridized carbons (Fsp3) is 0.548. The van der Waals surface area contributed by atoms with Gasteiger partial charge in [0.05, 0.1) is 59.5 Å². The van der Waals surface area contributed by atoms with Gasteiger partial charge in [-0.1, -0.05) is 113 Å². The average Bonchev–Trinajstić information content (AvgIpc) is 1.72. The summed E-state index contributed by atoms with van der Waals surface area (Å²) in [4.78, 5) is 163. The number of rotatable bonds is 37. The van der Waals surface area contributed by atoms with Gasteiger partial charge in [-0.2, -0.15) is 0 Å². The van der Waals surface area contributed by atoms with Crippen molar-refractivity contribution in [2.24, 2.45) is 5.73 Å². The lowest BCUT2D eigenvalue weighted by molar-refractivity contribution is -0.309. The molecule has 0 spiro atoms. The Morgan fingerprint density at radius 2 is 0.592 bits per heavy atom. The van der Waals surface area contributed by atoms with Crippen LogP contribution in [0.15, 0.2) is 97.1 Å². The van der Waals surface area contributed by atoms with Gasteiger partial charge in [0, 0.05) is 115 Å². The van der Waals surface area contributed by atoms with Gasteiger partial charge in [-0.25, -0.2) is 9.59 Å². The second-order valence-corrected chi connectivity index (χ2v) is 28.7. The van der Waals surface area contributed by atoms with E-state index in [1.165, 1.54) is 49.9 Å². The normalized spacial score (nSPS) is 22.3. The molecular formula is C84H108BrN3O37. The zero-order chi connectivity index (χ0) is 91.8. The zero-order valence-electron chi connectivity index (χ0n) is 71.2. The van der Waals surface area contributed by atoms with E-state index in [0.717, 1.165) is 77.6 Å². The summed E-state index contributed by atoms with van der Waals surface area (Å²) >= 11 is 3.18. The zero-order valence-corrected chi connectivity index (χ0v) is 72.8. The quantitative estimate of drug-likeness (QED) is 0.0206. The van der Waals surface area contributed by atoms with E-state index in [-0.39, 0.29) is 91.1 Å². The first-order valence-electron chi connectivity index (χ1n) is 39.6. The summed E-state index contributed by atoms with van der Waals surface area (Å²) in [7, 11) is 0. The van der Waals surface area contributed by atoms with Gasteiger partial charge in [-0.3, -0.25) is 57.5 Å². The molecule has 0 aromatic heterocycles. The largest absolute Gasteiger partial charge is 0.463 e. The molecule has 40 nitrogen and oxygen atoms in total. The van der Waals surface area contributed by atoms with Crippen LogP contribution in [-0.4, -0.2) is 292 Å². The van der Waals surface area contributed by atoms with Crippen LogP contribution in [0.1, 0.15) is 117 Å². The second kappa shape index (κ2) is 53.5. The molecule has 5 aliphatic rings. The van der Waals surface area contributed by atoms with E-state index >= 15 is 0 Å². The molecule has 3 heterocycles. The second-order valence-electron chi connectivity index (χ2n) is 27.8. The van der Waals surface area contributed by atoms with E-state index in [1.54, 1.807) is 0 Å². The minimum atomic E-state index is -1.33. The number of aliphatic hydroxyl groups is 1. The Labute approximate surface area is 728 Å². The lowest BCUT2D eigenvalue weighted by atomic mass is 9.98. The van der Waals surface area contributed by atoms with Crippen LogP contribution in [0.5, 0.6) is 0 Å². The van der Waals surface area contributed by atoms with Crippen molar-refractivity contribution in [1.29, 1.82) is 0 Å². The first-order chi connectivity index (χ1) is 59.6. The first-order valence-corrected chi connectivity index (χ1v) is 40.5. The van der Waals surface area contributed by atoms with E-state index < -0.39 is 175 Å². The molecule has 688 valence electrons. The topological polar surface area (TPSA) is 512 Å². The van der Waals surface area contributed by atoms with E-state index in [9.17, 15) is 67.1 Å². The van der Waals surface area contributed by atoms with Gasteiger partial charge in [0.25, 0.3) is 0 Å². The van der Waals surface area contributed by atoms with Crippen molar-refractivity contribution in [2.45, 2.75) is 186 Å². The molecule has 4 aromatic rings. The van der Waals surface area contributed by atoms with Crippen molar-refractivity contribution in [2.75, 3.05) is 112 Å². The number of aliphatic hydroxyl groups excluding tert-OH is 1. The molecule has 4 aromatic carbocycles. The van der Waals surface area contributed by atoms with Crippen LogP contribution in [0, 0.1) is 0 Å². The summed E-state index contributed by atoms with van der Waals surface area (Å²) in [6, 6.07) is 32.6. The number of hydrogen-bond donors (Lipinski definition) is 4. The number of carbonyl (C=O) groups excluding carboxylic acids is 14. The summed E-state index contributed by atoms with van der Waals surface area (Å²) in [5.41, 5.74) is 14.6. The number of alkyl carbamates (subject to hydrolysis) is 2. The summed E-state index contributed by atoms with van der Waals surface area (Å²) in [5, 5.41) is 13.0. The Balaban J connectivity index is 0.000000270. The molecule has 3 fully saturated rings. The highest BCUT2D eigenvalue weighted by atomic mass is 79.9. The molecule has 3 saturated heterocycles. The van der Waals surface area contributed by atoms with E-state index in [0.29, 0.717) is 32.9 Å². The number of halogens is 1. The number of hydrogen-bond acceptors (Lipinski definition) is 38. The number of carbonyl (C=O) groups is 14. The minimum absolute atomic E-state index is 0.0229. The molecule has 2 aliphatic carbocycles. The number of esters is 12. The molecule has 3 aliphatic heterocycles. The molecule has 125 heavy (non-hydrogen) atoms. The maximum atomic E-state index is 12.4. The molecule has 0 saturated carbocycles. The highest BCUT2D eigenvalue weighted by Crippen LogP contribution is 2.46. The van der Waals surface area contributed by atoms with Gasteiger partial charge in [0.2, 0.25) is 0 Å². The maximum Gasteiger partial charge on any atom is 0.407 e. The monoisotopic (exact) mass is 1830 g/mol. The fourth-order valence-electron chi connectivity index (χ4n) is 13.5. The highest BCUT2D eigenvalue weighted by molar-refractivity contribution is 9.09. The van der Waals surface area contributed by atoms with Crippen LogP contribution in [0.4, 0.5) is 9.59 Å². The van der Waals surface area contributed by atoms with Crippen molar-refractivity contribution < 1.29 is 176 Å². The average molecular weight is 1830 g/mol. The van der Waals surface area contributed by atoms with Gasteiger partial charge in [-0.05, 0) is 44.5 Å². The Bertz CT molecular complexity index is 4150. The van der Waals surface area contributed by atoms with Crippen LogP contribution in [0.3, 0.4) is 0 Å². The van der Waals surface area contributed by atoms with Crippen LogP contribution >= 0.6 is 15.9 Å². The lowest BCUT2D eigenvalue weighted by Crippen LogP contribution is -2.63. The Morgan fingerprint density at radius 1 is 0.320 bits per heavy atom. The third kappa shape index (κ3) is 34.2. The molecule has 9 rings (SSSR count). The first kappa shape index (κ1) is 103. The number of nitrogens with two attached hydrogens (primary N) is 1. The van der Waals surface area contributed by atoms with Gasteiger partial charge in [0.1, 0.15) is 51.3 Å². The minimum Gasteiger partial charge on any atom is -0.463 e. The number of nitrogens with one attached hydrogen (secondary N) is 2. The predicted molar refractivity (Wildman–Crippen MR) is 431 cm³/mol. The summed E-state index contributed by atoms with van der Waals surface area (Å²) < 4.78 is 118. The smallest absolute Gasteiger partial charge is 0.407 e. The molecule has 0 bridgehead atoms. The van der Waals surface area contributed by atoms with Crippen LogP contribution in [0.2, 0.25) is 0 Å². The fourth-order valence-corrected chi connectivity index (χ4v) is 14.2. The van der Waals surface area contributed by atoms with E-state index in [4.69, 9.17) is 115 Å². The summed E-state index contributed by atoms with van der Waals surface area (Å²) in [6.07, 6.45) is -17.6. The molecule has 5 N–H and O–H groups in total.